The van der Waals surface area contributed by atoms with E-state index in [0.29, 0.717) is 17.5 Å². The van der Waals surface area contributed by atoms with Gasteiger partial charge in [0, 0.05) is 56.1 Å². The van der Waals surface area contributed by atoms with Crippen LogP contribution in [-0.2, 0) is 5.41 Å². The van der Waals surface area contributed by atoms with Crippen LogP contribution < -0.4 is 4.74 Å². The summed E-state index contributed by atoms with van der Waals surface area (Å²) in [6.45, 7) is 0. The predicted octanol–water partition coefficient (Wildman–Crippen LogP) is 13.9. The lowest BCUT2D eigenvalue weighted by Gasteiger charge is -2.43. The molecule has 10 aromatic rings. The molecule has 3 heterocycles. The highest BCUT2D eigenvalue weighted by atomic mass is 16.5. The van der Waals surface area contributed by atoms with E-state index < -0.39 is 5.41 Å². The van der Waals surface area contributed by atoms with Crippen molar-refractivity contribution in [1.29, 1.82) is 0 Å². The Hall–Kier alpha value is -8.15. The van der Waals surface area contributed by atoms with Crippen molar-refractivity contribution in [2.75, 3.05) is 0 Å². The fourth-order valence-corrected chi connectivity index (χ4v) is 10.7. The highest BCUT2D eigenvalue weighted by Gasteiger charge is 2.56. The number of fused-ring (bicyclic) bond motifs is 12. The summed E-state index contributed by atoms with van der Waals surface area (Å²) in [5.41, 5.74) is 13.0. The van der Waals surface area contributed by atoms with Crippen LogP contribution in [0.4, 0.5) is 0 Å². The van der Waals surface area contributed by atoms with Crippen LogP contribution in [0.3, 0.4) is 0 Å². The molecule has 0 fully saturated rings. The van der Waals surface area contributed by atoms with E-state index in [1.165, 1.54) is 38.5 Å². The molecule has 0 amide bonds. The molecule has 13 rings (SSSR count). The average molecular weight is 807 g/mol. The topological polar surface area (TPSA) is 52.8 Å². The molecule has 0 radical (unpaired) electrons. The van der Waals surface area contributed by atoms with Crippen LogP contribution in [0.1, 0.15) is 28.2 Å². The summed E-state index contributed by atoms with van der Waals surface area (Å²) in [6.07, 6.45) is 9.14. The molecule has 3 aliphatic rings. The molecule has 3 unspecified atom stereocenters. The van der Waals surface area contributed by atoms with E-state index in [2.05, 4.69) is 205 Å². The second kappa shape index (κ2) is 13.9. The van der Waals surface area contributed by atoms with Crippen LogP contribution in [-0.4, -0.2) is 19.5 Å². The molecule has 5 nitrogen and oxygen atoms in total. The standard InChI is InChI=1S/C58H38N4O/c1-2-14-39(15-3-1)55-59-56(40-28-26-37(27-29-40)38-30-33-42(34-31-38)62-51-23-11-6-18-45(51)46-19-7-12-24-52(46)62)61-57(60-55)41-32-35-54-50(36-41)58(49-22-10-13-25-53(49)63-54)47-20-8-4-16-43(47)44-17-5-9-21-48(44)58/h1-36,43,47H. The zero-order chi connectivity index (χ0) is 41.5. The number of hydrogen-bond acceptors (Lipinski definition) is 4. The summed E-state index contributed by atoms with van der Waals surface area (Å²) in [4.78, 5) is 15.5. The van der Waals surface area contributed by atoms with Crippen LogP contribution in [0.2, 0.25) is 0 Å². The smallest absolute Gasteiger partial charge is 0.164 e. The number of allylic oxidation sites excluding steroid dienone is 4. The van der Waals surface area contributed by atoms with Crippen molar-refractivity contribution in [1.82, 2.24) is 19.5 Å². The van der Waals surface area contributed by atoms with E-state index in [-0.39, 0.29) is 11.8 Å². The van der Waals surface area contributed by atoms with Crippen molar-refractivity contribution in [3.05, 3.63) is 241 Å². The third-order valence-corrected chi connectivity index (χ3v) is 13.4. The molecule has 3 atom stereocenters. The maximum atomic E-state index is 6.75. The molecule has 2 aliphatic carbocycles. The van der Waals surface area contributed by atoms with E-state index in [9.17, 15) is 0 Å². The lowest BCUT2D eigenvalue weighted by atomic mass is 9.61. The highest BCUT2D eigenvalue weighted by molar-refractivity contribution is 6.09. The van der Waals surface area contributed by atoms with E-state index >= 15 is 0 Å². The zero-order valence-corrected chi connectivity index (χ0v) is 34.1. The Morgan fingerprint density at radius 3 is 1.67 bits per heavy atom. The predicted molar refractivity (Wildman–Crippen MR) is 253 cm³/mol. The van der Waals surface area contributed by atoms with Gasteiger partial charge in [-0.05, 0) is 70.8 Å². The minimum atomic E-state index is -0.474. The first-order valence-electron chi connectivity index (χ1n) is 21.6. The molecule has 2 aromatic heterocycles. The lowest BCUT2D eigenvalue weighted by molar-refractivity contribution is 0.374. The average Bonchev–Trinajstić information content (AvgIpc) is 3.85. The first kappa shape index (κ1) is 35.6. The zero-order valence-electron chi connectivity index (χ0n) is 34.1. The molecule has 0 saturated heterocycles. The monoisotopic (exact) mass is 806 g/mol. The Bertz CT molecular complexity index is 3440. The molecule has 0 saturated carbocycles. The van der Waals surface area contributed by atoms with Gasteiger partial charge in [0.25, 0.3) is 0 Å². The van der Waals surface area contributed by atoms with Crippen LogP contribution in [0.25, 0.3) is 72.8 Å². The third kappa shape index (κ3) is 5.39. The van der Waals surface area contributed by atoms with Gasteiger partial charge in [0.05, 0.1) is 16.4 Å². The van der Waals surface area contributed by atoms with Crippen molar-refractivity contribution in [3.8, 4) is 62.5 Å². The summed E-state index contributed by atoms with van der Waals surface area (Å²) < 4.78 is 9.10. The minimum absolute atomic E-state index is 0.163. The van der Waals surface area contributed by atoms with Gasteiger partial charge in [-0.25, -0.2) is 15.0 Å². The number of aromatic nitrogens is 4. The third-order valence-electron chi connectivity index (χ3n) is 13.4. The Kier molecular flexibility index (Phi) is 7.88. The van der Waals surface area contributed by atoms with Crippen LogP contribution >= 0.6 is 0 Å². The van der Waals surface area contributed by atoms with Crippen molar-refractivity contribution in [2.45, 2.75) is 11.3 Å². The molecule has 0 bridgehead atoms. The summed E-state index contributed by atoms with van der Waals surface area (Å²) in [5, 5.41) is 2.51. The number of nitrogens with zero attached hydrogens (tertiary/aromatic N) is 4. The van der Waals surface area contributed by atoms with Crippen LogP contribution in [0, 0.1) is 5.92 Å². The van der Waals surface area contributed by atoms with E-state index in [1.54, 1.807) is 0 Å². The van der Waals surface area contributed by atoms with E-state index in [0.717, 1.165) is 50.6 Å². The largest absolute Gasteiger partial charge is 0.457 e. The van der Waals surface area contributed by atoms with Crippen molar-refractivity contribution >= 4 is 21.8 Å². The first-order valence-corrected chi connectivity index (χ1v) is 21.6. The summed E-state index contributed by atoms with van der Waals surface area (Å²) in [7, 11) is 0. The summed E-state index contributed by atoms with van der Waals surface area (Å²) >= 11 is 0. The molecular weight excluding hydrogens is 769 g/mol. The number of ether oxygens (including phenoxy) is 1. The number of benzene rings is 8. The fourth-order valence-electron chi connectivity index (χ4n) is 10.7. The number of hydrogen-bond donors (Lipinski definition) is 0. The van der Waals surface area contributed by atoms with Gasteiger partial charge in [0.1, 0.15) is 11.5 Å². The van der Waals surface area contributed by atoms with Crippen molar-refractivity contribution in [2.24, 2.45) is 5.92 Å². The van der Waals surface area contributed by atoms with Gasteiger partial charge in [-0.2, -0.15) is 0 Å². The molecular formula is C58H38N4O. The van der Waals surface area contributed by atoms with E-state index in [1.807, 2.05) is 18.2 Å². The Balaban J connectivity index is 0.906. The summed E-state index contributed by atoms with van der Waals surface area (Å²) in [6, 6.07) is 68.8. The molecule has 8 aromatic carbocycles. The Morgan fingerprint density at radius 1 is 0.413 bits per heavy atom. The molecule has 296 valence electrons. The van der Waals surface area contributed by atoms with Crippen molar-refractivity contribution in [3.63, 3.8) is 0 Å². The molecule has 63 heavy (non-hydrogen) atoms. The van der Waals surface area contributed by atoms with Crippen LogP contribution in [0.15, 0.2) is 218 Å². The van der Waals surface area contributed by atoms with Crippen LogP contribution in [0.5, 0.6) is 11.5 Å². The molecule has 1 spiro atoms. The molecule has 0 N–H and O–H groups in total. The quantitative estimate of drug-likeness (QED) is 0.174. The maximum Gasteiger partial charge on any atom is 0.164 e. The van der Waals surface area contributed by atoms with Gasteiger partial charge >= 0.3 is 0 Å². The second-order valence-corrected chi connectivity index (χ2v) is 16.7. The minimum Gasteiger partial charge on any atom is -0.457 e. The number of rotatable bonds is 5. The van der Waals surface area contributed by atoms with Gasteiger partial charge in [-0.3, -0.25) is 0 Å². The van der Waals surface area contributed by atoms with Crippen molar-refractivity contribution < 1.29 is 4.74 Å². The van der Waals surface area contributed by atoms with Gasteiger partial charge in [-0.15, -0.1) is 0 Å². The SMILES string of the molecule is C1=CC2c3ccccc3C3(c4ccccc4Oc4ccc(-c5nc(-c6ccccc6)nc(-c6ccc(-c7ccc(-n8c9ccccc9c9ccccc98)cc7)cc6)n5)cc43)C2C=C1. The number of para-hydroxylation sites is 3. The Labute approximate surface area is 365 Å². The molecule has 5 heteroatoms. The highest BCUT2D eigenvalue weighted by Crippen LogP contribution is 2.64. The summed E-state index contributed by atoms with van der Waals surface area (Å²) in [5.74, 6) is 4.01. The van der Waals surface area contributed by atoms with E-state index in [4.69, 9.17) is 19.7 Å². The first-order chi connectivity index (χ1) is 31.2. The Morgan fingerprint density at radius 2 is 0.937 bits per heavy atom. The lowest BCUT2D eigenvalue weighted by Crippen LogP contribution is -2.37. The van der Waals surface area contributed by atoms with Gasteiger partial charge < -0.3 is 9.30 Å². The normalized spacial score (nSPS) is 17.9. The van der Waals surface area contributed by atoms with Gasteiger partial charge in [0.2, 0.25) is 0 Å². The van der Waals surface area contributed by atoms with Gasteiger partial charge in [0.15, 0.2) is 17.5 Å². The second-order valence-electron chi connectivity index (χ2n) is 16.7. The fraction of sp³-hybridized carbons (Fsp3) is 0.0517. The maximum absolute atomic E-state index is 6.75. The molecule has 1 aliphatic heterocycles. The van der Waals surface area contributed by atoms with Gasteiger partial charge in [-0.1, -0.05) is 170 Å².